The van der Waals surface area contributed by atoms with Gasteiger partial charge in [0.1, 0.15) is 16.5 Å². The van der Waals surface area contributed by atoms with Crippen LogP contribution in [0.15, 0.2) is 38.8 Å². The number of rotatable bonds is 7. The van der Waals surface area contributed by atoms with Crippen LogP contribution in [0.3, 0.4) is 0 Å². The van der Waals surface area contributed by atoms with Crippen LogP contribution in [0.2, 0.25) is 0 Å². The monoisotopic (exact) mass is 478 g/mol. The van der Waals surface area contributed by atoms with E-state index in [4.69, 9.17) is 0 Å². The number of sulfonamides is 1. The summed E-state index contributed by atoms with van der Waals surface area (Å²) in [6, 6.07) is 5.36. The van der Waals surface area contributed by atoms with Crippen molar-refractivity contribution in [2.45, 2.75) is 37.8 Å². The summed E-state index contributed by atoms with van der Waals surface area (Å²) in [6.45, 7) is 4.15. The number of halogens is 1. The lowest BCUT2D eigenvalue weighted by molar-refractivity contribution is 0.177. The molecule has 3 heterocycles. The number of hydrogen-bond acceptors (Lipinski definition) is 6. The Bertz CT molecular complexity index is 1390. The zero-order valence-electron chi connectivity index (χ0n) is 18.6. The molecule has 0 aliphatic carbocycles. The number of nitrogens with zero attached hydrogens (tertiary/aromatic N) is 5. The molecule has 0 bridgehead atoms. The second-order valence-electron chi connectivity index (χ2n) is 8.13. The summed E-state index contributed by atoms with van der Waals surface area (Å²) in [7, 11) is -2.19. The first-order valence-electron chi connectivity index (χ1n) is 10.9. The normalized spacial score (nSPS) is 16.0. The number of hydrogen-bond donors (Lipinski definition) is 1. The quantitative estimate of drug-likeness (QED) is 0.539. The standard InChI is InChI=1S/C21H27FN6O4S/c1-3-4-9-28-19-18(20(29)24-21(28)30)25(2)17(23-19)14-26-10-12-27(13-11-26)33(31,32)16-8-6-5-7-15(16)22/h5-8H,3-4,9-14H2,1-2H3,(H,24,29,30). The fourth-order valence-corrected chi connectivity index (χ4v) is 5.56. The number of nitrogens with one attached hydrogen (secondary N) is 1. The summed E-state index contributed by atoms with van der Waals surface area (Å²) in [4.78, 5) is 33.4. The number of imidazole rings is 1. The van der Waals surface area contributed by atoms with Crippen LogP contribution in [-0.2, 0) is 30.2 Å². The molecular weight excluding hydrogens is 451 g/mol. The van der Waals surface area contributed by atoms with E-state index in [2.05, 4.69) is 9.97 Å². The van der Waals surface area contributed by atoms with Crippen LogP contribution < -0.4 is 11.2 Å². The molecule has 12 heteroatoms. The van der Waals surface area contributed by atoms with Gasteiger partial charge >= 0.3 is 5.69 Å². The van der Waals surface area contributed by atoms with Crippen molar-refractivity contribution < 1.29 is 12.8 Å². The lowest BCUT2D eigenvalue weighted by Crippen LogP contribution is -2.48. The van der Waals surface area contributed by atoms with Gasteiger partial charge in [-0.3, -0.25) is 19.2 Å². The van der Waals surface area contributed by atoms with E-state index in [1.54, 1.807) is 11.6 Å². The highest BCUT2D eigenvalue weighted by molar-refractivity contribution is 7.89. The number of piperazine rings is 1. The molecule has 33 heavy (non-hydrogen) atoms. The molecule has 1 aliphatic rings. The summed E-state index contributed by atoms with van der Waals surface area (Å²) in [5.74, 6) is -0.157. The highest BCUT2D eigenvalue weighted by atomic mass is 32.2. The van der Waals surface area contributed by atoms with E-state index in [1.807, 2.05) is 11.8 Å². The second-order valence-corrected chi connectivity index (χ2v) is 10.0. The first-order chi connectivity index (χ1) is 15.7. The molecule has 10 nitrogen and oxygen atoms in total. The van der Waals surface area contributed by atoms with Gasteiger partial charge in [0.25, 0.3) is 5.56 Å². The van der Waals surface area contributed by atoms with Crippen molar-refractivity contribution in [3.63, 3.8) is 0 Å². The Balaban J connectivity index is 1.53. The Morgan fingerprint density at radius 1 is 1.12 bits per heavy atom. The third kappa shape index (κ3) is 4.37. The molecule has 1 saturated heterocycles. The molecule has 1 aromatic carbocycles. The topological polar surface area (TPSA) is 113 Å². The van der Waals surface area contributed by atoms with Gasteiger partial charge in [0, 0.05) is 39.8 Å². The van der Waals surface area contributed by atoms with Crippen LogP contribution in [0.5, 0.6) is 0 Å². The summed E-state index contributed by atoms with van der Waals surface area (Å²) in [6.07, 6.45) is 1.68. The molecule has 3 aromatic rings. The van der Waals surface area contributed by atoms with Crippen LogP contribution in [0.1, 0.15) is 25.6 Å². The van der Waals surface area contributed by atoms with Crippen molar-refractivity contribution in [3.05, 3.63) is 56.7 Å². The lowest BCUT2D eigenvalue weighted by atomic mass is 10.3. The molecule has 1 N–H and O–H groups in total. The van der Waals surface area contributed by atoms with E-state index >= 15 is 0 Å². The minimum Gasteiger partial charge on any atom is -0.324 e. The van der Waals surface area contributed by atoms with E-state index in [0.29, 0.717) is 43.2 Å². The molecule has 0 radical (unpaired) electrons. The van der Waals surface area contributed by atoms with Gasteiger partial charge in [-0.2, -0.15) is 4.31 Å². The van der Waals surface area contributed by atoms with Crippen molar-refractivity contribution in [1.29, 1.82) is 0 Å². The molecule has 178 valence electrons. The van der Waals surface area contributed by atoms with Gasteiger partial charge in [-0.05, 0) is 18.6 Å². The highest BCUT2D eigenvalue weighted by Crippen LogP contribution is 2.21. The Labute approximate surface area is 190 Å². The van der Waals surface area contributed by atoms with Crippen LogP contribution in [0, 0.1) is 5.82 Å². The maximum absolute atomic E-state index is 14.0. The van der Waals surface area contributed by atoms with E-state index in [0.717, 1.165) is 18.9 Å². The van der Waals surface area contributed by atoms with E-state index in [9.17, 15) is 22.4 Å². The second kappa shape index (κ2) is 9.20. The van der Waals surface area contributed by atoms with Crippen LogP contribution in [0.25, 0.3) is 11.2 Å². The molecule has 0 amide bonds. The molecule has 1 aliphatic heterocycles. The molecule has 0 atom stereocenters. The number of benzene rings is 1. The number of unbranched alkanes of at least 4 members (excludes halogenated alkanes) is 1. The summed E-state index contributed by atoms with van der Waals surface area (Å²) in [5, 5.41) is 0. The predicted octanol–water partition coefficient (Wildman–Crippen LogP) is 0.869. The average molecular weight is 479 g/mol. The smallest absolute Gasteiger partial charge is 0.324 e. The lowest BCUT2D eigenvalue weighted by Gasteiger charge is -2.33. The number of H-pyrrole nitrogens is 1. The zero-order chi connectivity index (χ0) is 23.8. The van der Waals surface area contributed by atoms with Gasteiger partial charge in [-0.25, -0.2) is 22.6 Å². The van der Waals surface area contributed by atoms with Gasteiger partial charge in [0.05, 0.1) is 6.54 Å². The zero-order valence-corrected chi connectivity index (χ0v) is 19.4. The molecule has 2 aromatic heterocycles. The van der Waals surface area contributed by atoms with Gasteiger partial charge in [0.2, 0.25) is 10.0 Å². The summed E-state index contributed by atoms with van der Waals surface area (Å²) in [5.41, 5.74) is -0.265. The van der Waals surface area contributed by atoms with Gasteiger partial charge in [0.15, 0.2) is 11.2 Å². The van der Waals surface area contributed by atoms with Crippen molar-refractivity contribution >= 4 is 21.2 Å². The van der Waals surface area contributed by atoms with Crippen LogP contribution in [-0.4, -0.2) is 62.9 Å². The van der Waals surface area contributed by atoms with Crippen molar-refractivity contribution in [2.75, 3.05) is 26.2 Å². The third-order valence-corrected chi connectivity index (χ3v) is 7.92. The number of fused-ring (bicyclic) bond motifs is 1. The van der Waals surface area contributed by atoms with E-state index < -0.39 is 27.1 Å². The number of aromatic amines is 1. The van der Waals surface area contributed by atoms with Gasteiger partial charge in [-0.15, -0.1) is 0 Å². The SMILES string of the molecule is CCCCn1c(=O)[nH]c(=O)c2c1nc(CN1CCN(S(=O)(=O)c3ccccc3F)CC1)n2C. The first-order valence-corrected chi connectivity index (χ1v) is 12.3. The van der Waals surface area contributed by atoms with E-state index in [-0.39, 0.29) is 18.0 Å². The molecule has 0 unspecified atom stereocenters. The Morgan fingerprint density at radius 3 is 2.48 bits per heavy atom. The fraction of sp³-hybridized carbons (Fsp3) is 0.476. The fourth-order valence-electron chi connectivity index (χ4n) is 4.08. The van der Waals surface area contributed by atoms with Crippen molar-refractivity contribution in [2.24, 2.45) is 7.05 Å². The minimum atomic E-state index is -3.92. The average Bonchev–Trinajstić information content (AvgIpc) is 3.10. The maximum Gasteiger partial charge on any atom is 0.330 e. The summed E-state index contributed by atoms with van der Waals surface area (Å²) < 4.78 is 44.1. The van der Waals surface area contributed by atoms with Crippen LogP contribution in [0.4, 0.5) is 4.39 Å². The predicted molar refractivity (Wildman–Crippen MR) is 121 cm³/mol. The Morgan fingerprint density at radius 2 is 1.82 bits per heavy atom. The highest BCUT2D eigenvalue weighted by Gasteiger charge is 2.31. The molecule has 0 spiro atoms. The molecule has 1 fully saturated rings. The molecule has 4 rings (SSSR count). The van der Waals surface area contributed by atoms with Crippen molar-refractivity contribution in [1.82, 2.24) is 28.3 Å². The first kappa shape index (κ1) is 23.3. The largest absolute Gasteiger partial charge is 0.330 e. The van der Waals surface area contributed by atoms with E-state index in [1.165, 1.54) is 27.1 Å². The third-order valence-electron chi connectivity index (χ3n) is 5.99. The number of aromatic nitrogens is 4. The van der Waals surface area contributed by atoms with Gasteiger partial charge in [-0.1, -0.05) is 25.5 Å². The maximum atomic E-state index is 14.0. The Hall–Kier alpha value is -2.83. The molecule has 0 saturated carbocycles. The van der Waals surface area contributed by atoms with Gasteiger partial charge < -0.3 is 4.57 Å². The summed E-state index contributed by atoms with van der Waals surface area (Å²) >= 11 is 0. The molecular formula is C21H27FN6O4S. The minimum absolute atomic E-state index is 0.211. The Kier molecular flexibility index (Phi) is 6.50. The number of aryl methyl sites for hydroxylation is 2. The van der Waals surface area contributed by atoms with Crippen molar-refractivity contribution in [3.8, 4) is 0 Å². The van der Waals surface area contributed by atoms with Crippen LogP contribution >= 0.6 is 0 Å².